The fraction of sp³-hybridized carbons (Fsp3) is 0.789. The monoisotopic (exact) mass is 381 g/mol. The van der Waals surface area contributed by atoms with Crippen LogP contribution < -0.4 is 4.90 Å². The van der Waals surface area contributed by atoms with Crippen LogP contribution in [0.2, 0.25) is 23.3 Å². The standard InChI is InChI=1S/C19H32ClN3OSi/c1-13-12-23(18-16(13)11-17(20)21-22-18)14-8-7-9-15(10-14)24-25(5,6)19(2,3)4/h11,13-15H,7-10,12H2,1-6H3/t13?,14-,15-/m1/s1. The molecule has 140 valence electrons. The van der Waals surface area contributed by atoms with Gasteiger partial charge in [0, 0.05) is 30.2 Å². The normalized spacial score (nSPS) is 27.5. The van der Waals surface area contributed by atoms with Crippen molar-refractivity contribution in [3.05, 3.63) is 16.8 Å². The van der Waals surface area contributed by atoms with E-state index in [4.69, 9.17) is 16.0 Å². The lowest BCUT2D eigenvalue weighted by Gasteiger charge is -2.43. The molecule has 0 aromatic carbocycles. The summed E-state index contributed by atoms with van der Waals surface area (Å²) >= 11 is 6.05. The molecule has 0 radical (unpaired) electrons. The molecule has 0 bridgehead atoms. The molecule has 1 aliphatic carbocycles. The molecule has 0 saturated heterocycles. The molecule has 0 N–H and O–H groups in total. The molecule has 1 aromatic rings. The predicted molar refractivity (Wildman–Crippen MR) is 107 cm³/mol. The lowest BCUT2D eigenvalue weighted by Crippen LogP contribution is -2.47. The number of anilines is 1. The predicted octanol–water partition coefficient (Wildman–Crippen LogP) is 5.39. The molecule has 4 nitrogen and oxygen atoms in total. The average Bonchev–Trinajstić information content (AvgIpc) is 2.83. The van der Waals surface area contributed by atoms with E-state index in [1.54, 1.807) is 0 Å². The van der Waals surface area contributed by atoms with Gasteiger partial charge in [-0.2, -0.15) is 0 Å². The van der Waals surface area contributed by atoms with Gasteiger partial charge >= 0.3 is 0 Å². The van der Waals surface area contributed by atoms with Crippen LogP contribution in [0.5, 0.6) is 0 Å². The minimum Gasteiger partial charge on any atom is -0.414 e. The molecule has 3 atom stereocenters. The van der Waals surface area contributed by atoms with Gasteiger partial charge in [-0.05, 0) is 49.9 Å². The second-order valence-electron chi connectivity index (χ2n) is 9.32. The maximum atomic E-state index is 6.72. The Balaban J connectivity index is 1.73. The van der Waals surface area contributed by atoms with Crippen molar-refractivity contribution in [2.45, 2.75) is 89.6 Å². The Labute approximate surface area is 158 Å². The van der Waals surface area contributed by atoms with E-state index >= 15 is 0 Å². The van der Waals surface area contributed by atoms with Crippen molar-refractivity contribution in [2.75, 3.05) is 11.4 Å². The van der Waals surface area contributed by atoms with E-state index in [0.717, 1.165) is 18.8 Å². The molecule has 0 amide bonds. The lowest BCUT2D eigenvalue weighted by atomic mass is 9.92. The van der Waals surface area contributed by atoms with Gasteiger partial charge in [-0.15, -0.1) is 10.2 Å². The number of rotatable bonds is 3. The second kappa shape index (κ2) is 6.82. The van der Waals surface area contributed by atoms with Crippen molar-refractivity contribution in [1.82, 2.24) is 10.2 Å². The van der Waals surface area contributed by atoms with Gasteiger partial charge in [0.05, 0.1) is 0 Å². The van der Waals surface area contributed by atoms with E-state index in [9.17, 15) is 0 Å². The maximum absolute atomic E-state index is 6.72. The molecule has 2 aliphatic rings. The van der Waals surface area contributed by atoms with Crippen molar-refractivity contribution in [1.29, 1.82) is 0 Å². The molecule has 0 spiro atoms. The average molecular weight is 382 g/mol. The fourth-order valence-electron chi connectivity index (χ4n) is 3.87. The first-order chi connectivity index (χ1) is 11.6. The van der Waals surface area contributed by atoms with E-state index in [0.29, 0.717) is 23.2 Å². The minimum absolute atomic E-state index is 0.261. The first-order valence-electron chi connectivity index (χ1n) is 9.56. The van der Waals surface area contributed by atoms with Crippen LogP contribution in [0.25, 0.3) is 0 Å². The second-order valence-corrected chi connectivity index (χ2v) is 14.5. The zero-order valence-corrected chi connectivity index (χ0v) is 18.2. The highest BCUT2D eigenvalue weighted by Gasteiger charge is 2.41. The number of nitrogens with zero attached hydrogens (tertiary/aromatic N) is 3. The Morgan fingerprint density at radius 2 is 1.96 bits per heavy atom. The third-order valence-corrected chi connectivity index (χ3v) is 11.1. The zero-order chi connectivity index (χ0) is 18.4. The molecule has 1 aromatic heterocycles. The maximum Gasteiger partial charge on any atom is 0.192 e. The van der Waals surface area contributed by atoms with Crippen LogP contribution in [0.4, 0.5) is 5.82 Å². The molecule has 1 unspecified atom stereocenters. The molecule has 1 saturated carbocycles. The quantitative estimate of drug-likeness (QED) is 0.658. The number of aromatic nitrogens is 2. The molecule has 2 heterocycles. The van der Waals surface area contributed by atoms with Crippen molar-refractivity contribution >= 4 is 25.7 Å². The summed E-state index contributed by atoms with van der Waals surface area (Å²) < 4.78 is 6.72. The van der Waals surface area contributed by atoms with Gasteiger partial charge < -0.3 is 9.33 Å². The van der Waals surface area contributed by atoms with Crippen LogP contribution in [0.1, 0.15) is 64.9 Å². The smallest absolute Gasteiger partial charge is 0.192 e. The van der Waals surface area contributed by atoms with Gasteiger partial charge in [0.15, 0.2) is 19.3 Å². The van der Waals surface area contributed by atoms with Crippen molar-refractivity contribution in [2.24, 2.45) is 0 Å². The van der Waals surface area contributed by atoms with Crippen LogP contribution in [0, 0.1) is 0 Å². The molecule has 1 fully saturated rings. The summed E-state index contributed by atoms with van der Waals surface area (Å²) in [7, 11) is -1.72. The largest absolute Gasteiger partial charge is 0.414 e. The molecule has 25 heavy (non-hydrogen) atoms. The van der Waals surface area contributed by atoms with Gasteiger partial charge in [-0.3, -0.25) is 0 Å². The molecule has 1 aliphatic heterocycles. The molecule has 3 rings (SSSR count). The summed E-state index contributed by atoms with van der Waals surface area (Å²) in [6.07, 6.45) is 5.10. The first-order valence-corrected chi connectivity index (χ1v) is 12.8. The number of halogens is 1. The third-order valence-electron chi connectivity index (χ3n) is 6.35. The topological polar surface area (TPSA) is 38.2 Å². The van der Waals surface area contributed by atoms with Crippen molar-refractivity contribution < 1.29 is 4.43 Å². The van der Waals surface area contributed by atoms with Crippen molar-refractivity contribution in [3.63, 3.8) is 0 Å². The van der Waals surface area contributed by atoms with E-state index in [-0.39, 0.29) is 5.04 Å². The number of hydrogen-bond donors (Lipinski definition) is 0. The summed E-state index contributed by atoms with van der Waals surface area (Å²) in [5.74, 6) is 1.50. The van der Waals surface area contributed by atoms with Gasteiger partial charge in [-0.1, -0.05) is 39.3 Å². The summed E-state index contributed by atoms with van der Waals surface area (Å²) in [5, 5.41) is 9.26. The SMILES string of the molecule is CC1CN([C@@H]2CCC[C@@H](O[Si](C)(C)C(C)(C)C)C2)c2nnc(Cl)cc21. The van der Waals surface area contributed by atoms with E-state index < -0.39 is 8.32 Å². The van der Waals surface area contributed by atoms with Gasteiger partial charge in [0.25, 0.3) is 0 Å². The Bertz CT molecular complexity index is 632. The summed E-state index contributed by atoms with van der Waals surface area (Å²) in [6, 6.07) is 2.49. The molecular weight excluding hydrogens is 350 g/mol. The van der Waals surface area contributed by atoms with E-state index in [1.165, 1.54) is 24.8 Å². The third kappa shape index (κ3) is 3.88. The van der Waals surface area contributed by atoms with Crippen LogP contribution in [0.15, 0.2) is 6.07 Å². The number of hydrogen-bond acceptors (Lipinski definition) is 4. The summed E-state index contributed by atoms with van der Waals surface area (Å²) in [5.41, 5.74) is 1.24. The number of fused-ring (bicyclic) bond motifs is 1. The van der Waals surface area contributed by atoms with Crippen LogP contribution in [-0.2, 0) is 4.43 Å². The highest BCUT2D eigenvalue weighted by molar-refractivity contribution is 6.74. The van der Waals surface area contributed by atoms with E-state index in [1.807, 2.05) is 6.07 Å². The molecular formula is C19H32ClN3OSi. The highest BCUT2D eigenvalue weighted by atomic mass is 35.5. The lowest BCUT2D eigenvalue weighted by molar-refractivity contribution is 0.126. The minimum atomic E-state index is -1.72. The Morgan fingerprint density at radius 3 is 2.64 bits per heavy atom. The fourth-order valence-corrected chi connectivity index (χ4v) is 5.42. The first kappa shape index (κ1) is 19.1. The van der Waals surface area contributed by atoms with Crippen LogP contribution in [-0.4, -0.2) is 37.2 Å². The Kier molecular flexibility index (Phi) is 5.22. The Hall–Kier alpha value is -0.653. The van der Waals surface area contributed by atoms with Gasteiger partial charge in [0.2, 0.25) is 0 Å². The Morgan fingerprint density at radius 1 is 1.24 bits per heavy atom. The van der Waals surface area contributed by atoms with Gasteiger partial charge in [0.1, 0.15) is 0 Å². The van der Waals surface area contributed by atoms with Gasteiger partial charge in [-0.25, -0.2) is 0 Å². The highest BCUT2D eigenvalue weighted by Crippen LogP contribution is 2.42. The molecule has 6 heteroatoms. The summed E-state index contributed by atoms with van der Waals surface area (Å²) in [4.78, 5) is 2.46. The summed E-state index contributed by atoms with van der Waals surface area (Å²) in [6.45, 7) is 14.9. The van der Waals surface area contributed by atoms with Crippen LogP contribution >= 0.6 is 11.6 Å². The zero-order valence-electron chi connectivity index (χ0n) is 16.5. The van der Waals surface area contributed by atoms with Crippen LogP contribution in [0.3, 0.4) is 0 Å². The van der Waals surface area contributed by atoms with E-state index in [2.05, 4.69) is 55.9 Å². The van der Waals surface area contributed by atoms with Crippen molar-refractivity contribution in [3.8, 4) is 0 Å².